The Morgan fingerprint density at radius 3 is 2.48 bits per heavy atom. The molecule has 0 aliphatic carbocycles. The fourth-order valence-corrected chi connectivity index (χ4v) is 1.51. The van der Waals surface area contributed by atoms with Crippen LogP contribution >= 0.6 is 0 Å². The maximum atomic E-state index is 11.8. The van der Waals surface area contributed by atoms with Crippen LogP contribution in [0.3, 0.4) is 0 Å². The molecule has 2 N–H and O–H groups in total. The van der Waals surface area contributed by atoms with Gasteiger partial charge in [-0.2, -0.15) is 0 Å². The normalized spacial score (nSPS) is 12.2. The highest BCUT2D eigenvalue weighted by Gasteiger charge is 2.21. The molecule has 1 rings (SSSR count). The van der Waals surface area contributed by atoms with Crippen LogP contribution < -0.4 is 10.6 Å². The first-order valence-corrected chi connectivity index (χ1v) is 6.70. The van der Waals surface area contributed by atoms with Gasteiger partial charge in [0.05, 0.1) is 6.20 Å². The van der Waals surface area contributed by atoms with Gasteiger partial charge < -0.3 is 14.8 Å². The molecular formula is C12H21N5O4. The van der Waals surface area contributed by atoms with Crippen molar-refractivity contribution in [1.29, 1.82) is 0 Å². The number of ether oxygens (including phenoxy) is 2. The van der Waals surface area contributed by atoms with Crippen LogP contribution in [-0.4, -0.2) is 47.2 Å². The molecule has 0 bridgehead atoms. The highest BCUT2D eigenvalue weighted by atomic mass is 16.7. The average Bonchev–Trinajstić information content (AvgIpc) is 2.95. The number of carbonyl (C=O) groups excluding carboxylic acids is 2. The fourth-order valence-electron chi connectivity index (χ4n) is 1.51. The number of imide groups is 1. The predicted molar refractivity (Wildman–Crippen MR) is 73.3 cm³/mol. The molecule has 0 saturated carbocycles. The fraction of sp³-hybridized carbons (Fsp3) is 0.667. The van der Waals surface area contributed by atoms with Crippen LogP contribution in [0.5, 0.6) is 0 Å². The maximum absolute atomic E-state index is 11.8. The minimum Gasteiger partial charge on any atom is -0.347 e. The molecule has 0 radical (unpaired) electrons. The molecule has 3 amide bonds. The van der Waals surface area contributed by atoms with Crippen LogP contribution in [0, 0.1) is 0 Å². The van der Waals surface area contributed by atoms with E-state index in [1.165, 1.54) is 11.7 Å². The lowest BCUT2D eigenvalue weighted by molar-refractivity contribution is -0.142. The van der Waals surface area contributed by atoms with Gasteiger partial charge in [-0.1, -0.05) is 5.21 Å². The first-order valence-electron chi connectivity index (χ1n) is 6.70. The van der Waals surface area contributed by atoms with Crippen molar-refractivity contribution < 1.29 is 19.1 Å². The van der Waals surface area contributed by atoms with Gasteiger partial charge in [-0.3, -0.25) is 10.1 Å². The van der Waals surface area contributed by atoms with Crippen LogP contribution in [0.15, 0.2) is 6.20 Å². The number of nitrogens with zero attached hydrogens (tertiary/aromatic N) is 3. The Morgan fingerprint density at radius 2 is 1.95 bits per heavy atom. The van der Waals surface area contributed by atoms with E-state index in [0.29, 0.717) is 18.9 Å². The van der Waals surface area contributed by atoms with Crippen LogP contribution in [0.2, 0.25) is 0 Å². The Hall–Kier alpha value is -2.00. The van der Waals surface area contributed by atoms with Gasteiger partial charge in [0.2, 0.25) is 6.29 Å². The number of amides is 3. The molecule has 9 heteroatoms. The van der Waals surface area contributed by atoms with Crippen molar-refractivity contribution in [2.45, 2.75) is 33.1 Å². The van der Waals surface area contributed by atoms with Gasteiger partial charge in [-0.25, -0.2) is 9.48 Å². The van der Waals surface area contributed by atoms with E-state index in [0.717, 1.165) is 0 Å². The number of hydrogen-bond acceptors (Lipinski definition) is 6. The number of urea groups is 1. The molecular weight excluding hydrogens is 278 g/mol. The molecule has 1 aromatic heterocycles. The van der Waals surface area contributed by atoms with Gasteiger partial charge in [-0.05, 0) is 20.8 Å². The highest BCUT2D eigenvalue weighted by molar-refractivity contribution is 5.95. The number of carbonyl (C=O) groups is 2. The van der Waals surface area contributed by atoms with Crippen molar-refractivity contribution in [1.82, 2.24) is 25.6 Å². The van der Waals surface area contributed by atoms with Crippen molar-refractivity contribution in [3.63, 3.8) is 0 Å². The van der Waals surface area contributed by atoms with Gasteiger partial charge in [0.25, 0.3) is 5.91 Å². The standard InChI is InChI=1S/C12H21N5O4/c1-5-20-11(21-6-2)9-7-17(16-15-9)8(3)10(18)14-12(19)13-4/h7-8,11H,5-6H2,1-4H3,(H2,13,14,18,19). The number of nitrogens with one attached hydrogen (secondary N) is 2. The van der Waals surface area contributed by atoms with E-state index in [-0.39, 0.29) is 0 Å². The smallest absolute Gasteiger partial charge is 0.321 e. The topological polar surface area (TPSA) is 107 Å². The zero-order valence-electron chi connectivity index (χ0n) is 12.6. The second-order valence-corrected chi connectivity index (χ2v) is 4.11. The SMILES string of the molecule is CCOC(OCC)c1cn(C(C)C(=O)NC(=O)NC)nn1. The van der Waals surface area contributed by atoms with Gasteiger partial charge in [-0.15, -0.1) is 5.10 Å². The lowest BCUT2D eigenvalue weighted by atomic mass is 10.3. The third-order valence-electron chi connectivity index (χ3n) is 2.65. The molecule has 1 unspecified atom stereocenters. The second-order valence-electron chi connectivity index (χ2n) is 4.11. The summed E-state index contributed by atoms with van der Waals surface area (Å²) in [5.74, 6) is -0.491. The molecule has 0 fully saturated rings. The summed E-state index contributed by atoms with van der Waals surface area (Å²) in [5, 5.41) is 12.3. The van der Waals surface area contributed by atoms with Crippen LogP contribution in [0.25, 0.3) is 0 Å². The summed E-state index contributed by atoms with van der Waals surface area (Å²) >= 11 is 0. The minimum atomic E-state index is -0.688. The molecule has 9 nitrogen and oxygen atoms in total. The summed E-state index contributed by atoms with van der Waals surface area (Å²) in [6.45, 7) is 6.22. The quantitative estimate of drug-likeness (QED) is 0.704. The Morgan fingerprint density at radius 1 is 1.33 bits per heavy atom. The Labute approximate surface area is 123 Å². The molecule has 0 aromatic carbocycles. The molecule has 1 atom stereocenters. The van der Waals surface area contributed by atoms with E-state index in [1.54, 1.807) is 13.1 Å². The summed E-state index contributed by atoms with van der Waals surface area (Å²) < 4.78 is 12.1. The van der Waals surface area contributed by atoms with Gasteiger partial charge in [0, 0.05) is 20.3 Å². The maximum Gasteiger partial charge on any atom is 0.321 e. The summed E-state index contributed by atoms with van der Waals surface area (Å²) in [6.07, 6.45) is 0.937. The van der Waals surface area contributed by atoms with Gasteiger partial charge in [0.15, 0.2) is 0 Å². The third kappa shape index (κ3) is 4.80. The largest absolute Gasteiger partial charge is 0.347 e. The molecule has 21 heavy (non-hydrogen) atoms. The van der Waals surface area contributed by atoms with Crippen molar-refractivity contribution in [3.8, 4) is 0 Å². The lowest BCUT2D eigenvalue weighted by Gasteiger charge is -2.14. The summed E-state index contributed by atoms with van der Waals surface area (Å²) in [6, 6.07) is -1.26. The van der Waals surface area contributed by atoms with Crippen molar-refractivity contribution in [2.75, 3.05) is 20.3 Å². The molecule has 0 saturated heterocycles. The van der Waals surface area contributed by atoms with Crippen molar-refractivity contribution >= 4 is 11.9 Å². The van der Waals surface area contributed by atoms with Gasteiger partial charge in [0.1, 0.15) is 11.7 Å². The minimum absolute atomic E-state index is 0.463. The monoisotopic (exact) mass is 299 g/mol. The number of aromatic nitrogens is 3. The van der Waals surface area contributed by atoms with Crippen LogP contribution in [-0.2, 0) is 14.3 Å². The lowest BCUT2D eigenvalue weighted by Crippen LogP contribution is -2.40. The predicted octanol–water partition coefficient (Wildman–Crippen LogP) is 0.366. The summed E-state index contributed by atoms with van der Waals surface area (Å²) in [7, 11) is 1.43. The molecule has 1 aromatic rings. The zero-order valence-corrected chi connectivity index (χ0v) is 12.6. The Kier molecular flexibility index (Phi) is 6.76. The third-order valence-corrected chi connectivity index (χ3v) is 2.65. The highest BCUT2D eigenvalue weighted by Crippen LogP contribution is 2.17. The second kappa shape index (κ2) is 8.32. The van der Waals surface area contributed by atoms with Gasteiger partial charge >= 0.3 is 6.03 Å². The first-order chi connectivity index (χ1) is 10.0. The molecule has 0 aliphatic rings. The Balaban J connectivity index is 2.76. The van der Waals surface area contributed by atoms with E-state index in [2.05, 4.69) is 20.9 Å². The van der Waals surface area contributed by atoms with E-state index in [9.17, 15) is 9.59 Å². The average molecular weight is 299 g/mol. The van der Waals surface area contributed by atoms with Crippen molar-refractivity contribution in [3.05, 3.63) is 11.9 Å². The molecule has 1 heterocycles. The molecule has 0 spiro atoms. The Bertz CT molecular complexity index is 470. The van der Waals surface area contributed by atoms with Crippen molar-refractivity contribution in [2.24, 2.45) is 0 Å². The van der Waals surface area contributed by atoms with E-state index in [4.69, 9.17) is 9.47 Å². The van der Waals surface area contributed by atoms with Crippen LogP contribution in [0.4, 0.5) is 4.79 Å². The number of rotatable bonds is 7. The molecule has 118 valence electrons. The van der Waals surface area contributed by atoms with E-state index >= 15 is 0 Å². The van der Waals surface area contributed by atoms with E-state index < -0.39 is 24.3 Å². The first kappa shape index (κ1) is 17.1. The van der Waals surface area contributed by atoms with E-state index in [1.807, 2.05) is 13.8 Å². The van der Waals surface area contributed by atoms with Crippen LogP contribution in [0.1, 0.15) is 38.8 Å². The number of hydrogen-bond donors (Lipinski definition) is 2. The molecule has 0 aliphatic heterocycles. The summed E-state index contributed by atoms with van der Waals surface area (Å²) in [4.78, 5) is 22.9. The zero-order chi connectivity index (χ0) is 15.8. The summed E-state index contributed by atoms with van der Waals surface area (Å²) in [5.41, 5.74) is 0.471.